The van der Waals surface area contributed by atoms with Crippen molar-refractivity contribution in [3.63, 3.8) is 0 Å². The van der Waals surface area contributed by atoms with E-state index in [0.29, 0.717) is 22.9 Å². The summed E-state index contributed by atoms with van der Waals surface area (Å²) in [6, 6.07) is 10.4. The van der Waals surface area contributed by atoms with Gasteiger partial charge in [0, 0.05) is 6.20 Å². The van der Waals surface area contributed by atoms with Gasteiger partial charge in [0.05, 0.1) is 17.8 Å². The monoisotopic (exact) mass is 272 g/mol. The number of amides is 1. The second kappa shape index (κ2) is 4.48. The minimum Gasteiger partial charge on any atom is -0.300 e. The predicted octanol–water partition coefficient (Wildman–Crippen LogP) is 2.46. The Bertz CT molecular complexity index is 685. The molecule has 0 saturated heterocycles. The van der Waals surface area contributed by atoms with Crippen molar-refractivity contribution in [2.45, 2.75) is 6.54 Å². The molecule has 0 fully saturated rings. The van der Waals surface area contributed by atoms with Crippen molar-refractivity contribution in [2.24, 2.45) is 0 Å². The molecule has 0 aliphatic carbocycles. The third-order valence-corrected chi connectivity index (χ3v) is 3.22. The Kier molecular flexibility index (Phi) is 2.80. The van der Waals surface area contributed by atoms with Crippen molar-refractivity contribution in [1.82, 2.24) is 4.98 Å². The van der Waals surface area contributed by atoms with E-state index in [1.54, 1.807) is 42.6 Å². The summed E-state index contributed by atoms with van der Waals surface area (Å²) in [7, 11) is 0. The van der Waals surface area contributed by atoms with Crippen molar-refractivity contribution in [2.75, 3.05) is 4.90 Å². The summed E-state index contributed by atoms with van der Waals surface area (Å²) < 4.78 is 0. The highest BCUT2D eigenvalue weighted by Gasteiger charge is 2.35. The van der Waals surface area contributed by atoms with E-state index in [1.807, 2.05) is 0 Å². The highest BCUT2D eigenvalue weighted by Crippen LogP contribution is 2.29. The first kappa shape index (κ1) is 11.9. The molecule has 2 aromatic rings. The Morgan fingerprint density at radius 1 is 1.16 bits per heavy atom. The van der Waals surface area contributed by atoms with Gasteiger partial charge in [0.2, 0.25) is 0 Å². The lowest BCUT2D eigenvalue weighted by Gasteiger charge is -2.16. The van der Waals surface area contributed by atoms with Crippen molar-refractivity contribution in [3.05, 3.63) is 58.9 Å². The highest BCUT2D eigenvalue weighted by atomic mass is 35.5. The highest BCUT2D eigenvalue weighted by molar-refractivity contribution is 6.52. The van der Waals surface area contributed by atoms with Crippen molar-refractivity contribution in [3.8, 4) is 0 Å². The van der Waals surface area contributed by atoms with Gasteiger partial charge in [-0.15, -0.1) is 0 Å². The maximum absolute atomic E-state index is 12.0. The van der Waals surface area contributed by atoms with E-state index in [-0.39, 0.29) is 0 Å². The van der Waals surface area contributed by atoms with Crippen LogP contribution < -0.4 is 4.90 Å². The van der Waals surface area contributed by atoms with Gasteiger partial charge in [0.15, 0.2) is 0 Å². The number of benzene rings is 1. The van der Waals surface area contributed by atoms with Crippen LogP contribution in [0.2, 0.25) is 5.15 Å². The van der Waals surface area contributed by atoms with Crippen LogP contribution in [0, 0.1) is 0 Å². The maximum atomic E-state index is 12.0. The van der Waals surface area contributed by atoms with Crippen LogP contribution in [0.3, 0.4) is 0 Å². The third kappa shape index (κ3) is 2.00. The van der Waals surface area contributed by atoms with Crippen LogP contribution in [-0.2, 0) is 11.3 Å². The lowest BCUT2D eigenvalue weighted by molar-refractivity contribution is -0.114. The number of hydrogen-bond acceptors (Lipinski definition) is 3. The van der Waals surface area contributed by atoms with Crippen molar-refractivity contribution >= 4 is 29.0 Å². The Balaban J connectivity index is 1.98. The largest absolute Gasteiger partial charge is 0.300 e. The van der Waals surface area contributed by atoms with Gasteiger partial charge >= 0.3 is 0 Å². The molecule has 1 aromatic heterocycles. The molecular formula is C14H9ClN2O2. The number of fused-ring (bicyclic) bond motifs is 1. The minimum atomic E-state index is -0.505. The number of para-hydroxylation sites is 1. The molecule has 0 spiro atoms. The number of carbonyl (C=O) groups excluding carboxylic acids is 2. The molecule has 0 N–H and O–H groups in total. The lowest BCUT2D eigenvalue weighted by Crippen LogP contribution is -2.29. The number of aromatic nitrogens is 1. The second-order valence-corrected chi connectivity index (χ2v) is 4.61. The first-order valence-electron chi connectivity index (χ1n) is 5.72. The van der Waals surface area contributed by atoms with E-state index in [1.165, 1.54) is 4.90 Å². The standard InChI is InChI=1S/C14H9ClN2O2/c15-12-7-9(5-6-16-12)8-17-11-4-2-1-3-10(11)13(18)14(17)19/h1-7H,8H2. The third-order valence-electron chi connectivity index (χ3n) is 3.01. The first-order valence-corrected chi connectivity index (χ1v) is 6.10. The summed E-state index contributed by atoms with van der Waals surface area (Å²) in [6.45, 7) is 0.309. The number of hydrogen-bond donors (Lipinski definition) is 0. The lowest BCUT2D eigenvalue weighted by atomic mass is 10.1. The zero-order valence-corrected chi connectivity index (χ0v) is 10.6. The van der Waals surface area contributed by atoms with E-state index in [4.69, 9.17) is 11.6 Å². The first-order chi connectivity index (χ1) is 9.16. The Morgan fingerprint density at radius 2 is 1.95 bits per heavy atom. The summed E-state index contributed by atoms with van der Waals surface area (Å²) in [5.74, 6) is -0.968. The number of anilines is 1. The molecule has 0 bridgehead atoms. The molecule has 2 heterocycles. The van der Waals surface area contributed by atoms with E-state index in [0.717, 1.165) is 5.56 Å². The average Bonchev–Trinajstić information content (AvgIpc) is 2.65. The molecule has 0 saturated carbocycles. The molecule has 0 atom stereocenters. The van der Waals surface area contributed by atoms with Crippen molar-refractivity contribution < 1.29 is 9.59 Å². The number of halogens is 1. The SMILES string of the molecule is O=C1C(=O)N(Cc2ccnc(Cl)c2)c2ccccc21. The van der Waals surface area contributed by atoms with Gasteiger partial charge in [0.1, 0.15) is 5.15 Å². The normalized spacial score (nSPS) is 13.8. The second-order valence-electron chi connectivity index (χ2n) is 4.22. The van der Waals surface area contributed by atoms with Gasteiger partial charge in [0.25, 0.3) is 11.7 Å². The van der Waals surface area contributed by atoms with Crippen LogP contribution in [0.15, 0.2) is 42.6 Å². The fraction of sp³-hybridized carbons (Fsp3) is 0.0714. The molecule has 1 amide bonds. The molecular weight excluding hydrogens is 264 g/mol. The van der Waals surface area contributed by atoms with E-state index >= 15 is 0 Å². The Morgan fingerprint density at radius 3 is 2.74 bits per heavy atom. The van der Waals surface area contributed by atoms with Crippen LogP contribution in [0.1, 0.15) is 15.9 Å². The van der Waals surface area contributed by atoms with E-state index in [9.17, 15) is 9.59 Å². The van der Waals surface area contributed by atoms with Gasteiger partial charge in [-0.05, 0) is 29.8 Å². The molecule has 3 rings (SSSR count). The molecule has 1 aliphatic rings. The van der Waals surface area contributed by atoms with Gasteiger partial charge in [-0.1, -0.05) is 23.7 Å². The Labute approximate surface area is 114 Å². The fourth-order valence-electron chi connectivity index (χ4n) is 2.13. The minimum absolute atomic E-state index is 0.309. The van der Waals surface area contributed by atoms with Crippen LogP contribution in [-0.4, -0.2) is 16.7 Å². The predicted molar refractivity (Wildman–Crippen MR) is 71.2 cm³/mol. The van der Waals surface area contributed by atoms with Crippen LogP contribution in [0.25, 0.3) is 0 Å². The van der Waals surface area contributed by atoms with Gasteiger partial charge in [-0.25, -0.2) is 4.98 Å². The number of nitrogens with zero attached hydrogens (tertiary/aromatic N) is 2. The molecule has 19 heavy (non-hydrogen) atoms. The smallest absolute Gasteiger partial charge is 0.299 e. The topological polar surface area (TPSA) is 50.3 Å². The average molecular weight is 273 g/mol. The molecule has 94 valence electrons. The van der Waals surface area contributed by atoms with E-state index < -0.39 is 11.7 Å². The Hall–Kier alpha value is -2.20. The number of Topliss-reactive ketones (excluding diaryl/α,β-unsaturated/α-hetero) is 1. The fourth-order valence-corrected chi connectivity index (χ4v) is 2.33. The number of rotatable bonds is 2. The molecule has 1 aromatic carbocycles. The zero-order valence-electron chi connectivity index (χ0n) is 9.84. The molecule has 1 aliphatic heterocycles. The van der Waals surface area contributed by atoms with Gasteiger partial charge in [-0.2, -0.15) is 0 Å². The molecule has 0 radical (unpaired) electrons. The number of pyridine rings is 1. The van der Waals surface area contributed by atoms with Gasteiger partial charge < -0.3 is 4.90 Å². The van der Waals surface area contributed by atoms with Crippen molar-refractivity contribution in [1.29, 1.82) is 0 Å². The quantitative estimate of drug-likeness (QED) is 0.623. The molecule has 4 nitrogen and oxygen atoms in total. The number of carbonyl (C=O) groups is 2. The summed E-state index contributed by atoms with van der Waals surface area (Å²) in [4.78, 5) is 29.2. The van der Waals surface area contributed by atoms with Crippen LogP contribution in [0.5, 0.6) is 0 Å². The summed E-state index contributed by atoms with van der Waals surface area (Å²) >= 11 is 5.81. The molecule has 0 unspecified atom stereocenters. The summed E-state index contributed by atoms with van der Waals surface area (Å²) in [6.07, 6.45) is 1.58. The maximum Gasteiger partial charge on any atom is 0.299 e. The summed E-state index contributed by atoms with van der Waals surface area (Å²) in [5.41, 5.74) is 1.93. The van der Waals surface area contributed by atoms with Crippen LogP contribution >= 0.6 is 11.6 Å². The van der Waals surface area contributed by atoms with Gasteiger partial charge in [-0.3, -0.25) is 9.59 Å². The number of ketones is 1. The summed E-state index contributed by atoms with van der Waals surface area (Å²) in [5, 5.41) is 0.365. The van der Waals surface area contributed by atoms with Crippen LogP contribution in [0.4, 0.5) is 5.69 Å². The molecule has 5 heteroatoms. The van der Waals surface area contributed by atoms with E-state index in [2.05, 4.69) is 4.98 Å². The zero-order chi connectivity index (χ0) is 13.4.